The number of aryl methyl sites for hydroxylation is 1. The molecule has 0 saturated heterocycles. The van der Waals surface area contributed by atoms with Crippen LogP contribution in [-0.4, -0.2) is 7.11 Å². The fraction of sp³-hybridized carbons (Fsp3) is 0.222. The van der Waals surface area contributed by atoms with Gasteiger partial charge in [0.2, 0.25) is 0 Å². The molecule has 2 aromatic carbocycles. The minimum atomic E-state index is 0.888. The molecule has 1 N–H and O–H groups in total. The summed E-state index contributed by atoms with van der Waals surface area (Å²) < 4.78 is 5.26. The monoisotopic (exact) mass is 297 g/mol. The highest BCUT2D eigenvalue weighted by Crippen LogP contribution is 2.22. The van der Waals surface area contributed by atoms with E-state index in [2.05, 4.69) is 54.7 Å². The van der Waals surface area contributed by atoms with Gasteiger partial charge in [0, 0.05) is 22.8 Å². The van der Waals surface area contributed by atoms with E-state index in [0.29, 0.717) is 0 Å². The Bertz CT molecular complexity index is 748. The van der Waals surface area contributed by atoms with E-state index in [1.54, 1.807) is 7.11 Å². The van der Waals surface area contributed by atoms with Crippen molar-refractivity contribution in [3.63, 3.8) is 0 Å². The van der Waals surface area contributed by atoms with E-state index >= 15 is 0 Å². The minimum absolute atomic E-state index is 0.888. The number of fused-ring (bicyclic) bond motifs is 1. The van der Waals surface area contributed by atoms with Crippen molar-refractivity contribution in [2.45, 2.75) is 20.0 Å². The summed E-state index contributed by atoms with van der Waals surface area (Å²) in [6.45, 7) is 3.96. The smallest absolute Gasteiger partial charge is 0.119 e. The fourth-order valence-electron chi connectivity index (χ4n) is 2.42. The Hall–Kier alpha value is -1.84. The number of rotatable bonds is 5. The topological polar surface area (TPSA) is 21.3 Å². The first-order valence-corrected chi connectivity index (χ1v) is 7.89. The van der Waals surface area contributed by atoms with Crippen molar-refractivity contribution in [1.82, 2.24) is 5.32 Å². The van der Waals surface area contributed by atoms with E-state index in [1.165, 1.54) is 26.1 Å². The second-order valence-electron chi connectivity index (χ2n) is 5.16. The Labute approximate surface area is 129 Å². The Morgan fingerprint density at radius 1 is 0.952 bits per heavy atom. The predicted molar refractivity (Wildman–Crippen MR) is 90.1 cm³/mol. The quantitative estimate of drug-likeness (QED) is 0.748. The normalized spacial score (nSPS) is 11.0. The summed E-state index contributed by atoms with van der Waals surface area (Å²) in [5, 5.41) is 5.97. The van der Waals surface area contributed by atoms with Gasteiger partial charge in [-0.1, -0.05) is 18.2 Å². The molecule has 1 aromatic heterocycles. The second-order valence-corrected chi connectivity index (χ2v) is 6.54. The summed E-state index contributed by atoms with van der Waals surface area (Å²) >= 11 is 1.85. The van der Waals surface area contributed by atoms with Gasteiger partial charge in [0.05, 0.1) is 7.11 Å². The van der Waals surface area contributed by atoms with Crippen LogP contribution in [0.1, 0.15) is 15.3 Å². The van der Waals surface area contributed by atoms with E-state index in [0.717, 1.165) is 18.8 Å². The van der Waals surface area contributed by atoms with Crippen LogP contribution in [0.2, 0.25) is 0 Å². The second kappa shape index (κ2) is 6.29. The number of ether oxygens (including phenoxy) is 1. The molecule has 0 amide bonds. The lowest BCUT2D eigenvalue weighted by molar-refractivity contribution is 0.415. The van der Waals surface area contributed by atoms with Crippen LogP contribution in [0.5, 0.6) is 5.75 Å². The molecule has 0 aliphatic carbocycles. The van der Waals surface area contributed by atoms with Gasteiger partial charge in [0.15, 0.2) is 0 Å². The van der Waals surface area contributed by atoms with Gasteiger partial charge in [-0.05, 0) is 53.6 Å². The molecule has 0 fully saturated rings. The SMILES string of the molecule is COc1ccc2cc(CNCc3ccc(C)s3)ccc2c1. The molecule has 0 radical (unpaired) electrons. The third-order valence-electron chi connectivity index (χ3n) is 3.54. The molecule has 0 atom stereocenters. The number of thiophene rings is 1. The van der Waals surface area contributed by atoms with E-state index < -0.39 is 0 Å². The third-order valence-corrected chi connectivity index (χ3v) is 4.54. The van der Waals surface area contributed by atoms with Crippen LogP contribution < -0.4 is 10.1 Å². The number of methoxy groups -OCH3 is 1. The molecule has 1 heterocycles. The van der Waals surface area contributed by atoms with E-state index in [-0.39, 0.29) is 0 Å². The lowest BCUT2D eigenvalue weighted by Gasteiger charge is -2.07. The summed E-state index contributed by atoms with van der Waals surface area (Å²) in [6.07, 6.45) is 0. The Morgan fingerprint density at radius 3 is 2.52 bits per heavy atom. The van der Waals surface area contributed by atoms with Crippen LogP contribution in [0, 0.1) is 6.92 Å². The van der Waals surface area contributed by atoms with Gasteiger partial charge in [-0.3, -0.25) is 0 Å². The van der Waals surface area contributed by atoms with E-state index in [1.807, 2.05) is 17.4 Å². The molecule has 3 aromatic rings. The summed E-state index contributed by atoms with van der Waals surface area (Å²) in [7, 11) is 1.70. The predicted octanol–water partition coefficient (Wildman–Crippen LogP) is 4.51. The standard InChI is InChI=1S/C18H19NOS/c1-13-3-8-18(21-13)12-19-11-14-4-5-16-10-17(20-2)7-6-15(16)9-14/h3-10,19H,11-12H2,1-2H3. The minimum Gasteiger partial charge on any atom is -0.497 e. The summed E-state index contributed by atoms with van der Waals surface area (Å²) in [5.74, 6) is 0.904. The third kappa shape index (κ3) is 3.43. The molecule has 0 saturated carbocycles. The fourth-order valence-corrected chi connectivity index (χ4v) is 3.28. The first-order valence-electron chi connectivity index (χ1n) is 7.07. The molecule has 0 aliphatic heterocycles. The zero-order valence-corrected chi connectivity index (χ0v) is 13.2. The largest absolute Gasteiger partial charge is 0.497 e. The van der Waals surface area contributed by atoms with Gasteiger partial charge >= 0.3 is 0 Å². The highest BCUT2D eigenvalue weighted by Gasteiger charge is 2.00. The first-order chi connectivity index (χ1) is 10.2. The number of hydrogen-bond acceptors (Lipinski definition) is 3. The average Bonchev–Trinajstić information content (AvgIpc) is 2.92. The molecule has 2 nitrogen and oxygen atoms in total. The van der Waals surface area contributed by atoms with Crippen LogP contribution in [-0.2, 0) is 13.1 Å². The van der Waals surface area contributed by atoms with Crippen molar-refractivity contribution in [1.29, 1.82) is 0 Å². The van der Waals surface area contributed by atoms with Crippen molar-refractivity contribution in [2.24, 2.45) is 0 Å². The van der Waals surface area contributed by atoms with Gasteiger partial charge in [0.25, 0.3) is 0 Å². The summed E-state index contributed by atoms with van der Waals surface area (Å²) in [6, 6.07) is 17.1. The van der Waals surface area contributed by atoms with Gasteiger partial charge in [-0.25, -0.2) is 0 Å². The molecule has 0 bridgehead atoms. The average molecular weight is 297 g/mol. The summed E-state index contributed by atoms with van der Waals surface area (Å²) in [5.41, 5.74) is 1.31. The van der Waals surface area contributed by atoms with Crippen LogP contribution >= 0.6 is 11.3 Å². The molecular weight excluding hydrogens is 278 g/mol. The lowest BCUT2D eigenvalue weighted by atomic mass is 10.1. The molecule has 108 valence electrons. The van der Waals surface area contributed by atoms with Crippen molar-refractivity contribution in [3.8, 4) is 5.75 Å². The highest BCUT2D eigenvalue weighted by molar-refractivity contribution is 7.11. The Kier molecular flexibility index (Phi) is 4.23. The number of hydrogen-bond donors (Lipinski definition) is 1. The van der Waals surface area contributed by atoms with Crippen molar-refractivity contribution < 1.29 is 4.74 Å². The molecule has 21 heavy (non-hydrogen) atoms. The zero-order valence-electron chi connectivity index (χ0n) is 12.3. The molecule has 0 unspecified atom stereocenters. The van der Waals surface area contributed by atoms with Crippen LogP contribution in [0.4, 0.5) is 0 Å². The summed E-state index contributed by atoms with van der Waals surface area (Å²) in [4.78, 5) is 2.75. The van der Waals surface area contributed by atoms with Crippen LogP contribution in [0.3, 0.4) is 0 Å². The molecular formula is C18H19NOS. The van der Waals surface area contributed by atoms with E-state index in [4.69, 9.17) is 4.74 Å². The Morgan fingerprint density at radius 2 is 1.76 bits per heavy atom. The van der Waals surface area contributed by atoms with Gasteiger partial charge in [-0.2, -0.15) is 0 Å². The highest BCUT2D eigenvalue weighted by atomic mass is 32.1. The van der Waals surface area contributed by atoms with Gasteiger partial charge < -0.3 is 10.1 Å². The van der Waals surface area contributed by atoms with Crippen LogP contribution in [0.15, 0.2) is 48.5 Å². The molecule has 0 aliphatic rings. The maximum absolute atomic E-state index is 5.26. The maximum Gasteiger partial charge on any atom is 0.119 e. The van der Waals surface area contributed by atoms with Crippen molar-refractivity contribution >= 4 is 22.1 Å². The molecule has 0 spiro atoms. The van der Waals surface area contributed by atoms with Crippen molar-refractivity contribution in [3.05, 3.63) is 63.8 Å². The lowest BCUT2D eigenvalue weighted by Crippen LogP contribution is -2.11. The van der Waals surface area contributed by atoms with Gasteiger partial charge in [0.1, 0.15) is 5.75 Å². The number of nitrogens with one attached hydrogen (secondary N) is 1. The van der Waals surface area contributed by atoms with E-state index in [9.17, 15) is 0 Å². The Balaban J connectivity index is 1.67. The van der Waals surface area contributed by atoms with Crippen LogP contribution in [0.25, 0.3) is 10.8 Å². The number of benzene rings is 2. The van der Waals surface area contributed by atoms with Gasteiger partial charge in [-0.15, -0.1) is 11.3 Å². The van der Waals surface area contributed by atoms with Crippen molar-refractivity contribution in [2.75, 3.05) is 7.11 Å². The molecule has 3 heteroatoms. The first kappa shape index (κ1) is 14.1. The maximum atomic E-state index is 5.26. The molecule has 3 rings (SSSR count). The zero-order chi connectivity index (χ0) is 14.7.